The van der Waals surface area contributed by atoms with Crippen molar-refractivity contribution in [2.24, 2.45) is 7.05 Å². The number of aryl methyl sites for hydroxylation is 2. The first-order chi connectivity index (χ1) is 10.1. The fourth-order valence-electron chi connectivity index (χ4n) is 3.11. The maximum Gasteiger partial charge on any atom is 0.259 e. The Bertz CT molecular complexity index is 874. The van der Waals surface area contributed by atoms with Gasteiger partial charge in [0.2, 0.25) is 0 Å². The molecule has 1 amide bonds. The Balaban J connectivity index is 1.84. The molecule has 0 radical (unpaired) electrons. The lowest BCUT2D eigenvalue weighted by Gasteiger charge is -2.17. The molecule has 0 saturated carbocycles. The first-order valence-electron chi connectivity index (χ1n) is 6.98. The molecule has 3 aromatic rings. The summed E-state index contributed by atoms with van der Waals surface area (Å²) in [5.41, 5.74) is 3.79. The molecule has 1 aliphatic heterocycles. The summed E-state index contributed by atoms with van der Waals surface area (Å²) in [6.45, 7) is 2.51. The molecule has 4 heteroatoms. The summed E-state index contributed by atoms with van der Waals surface area (Å²) in [5.74, 6) is 0.0700. The summed E-state index contributed by atoms with van der Waals surface area (Å²) < 4.78 is 1.84. The molecule has 104 valence electrons. The molecule has 0 aliphatic carbocycles. The van der Waals surface area contributed by atoms with Crippen LogP contribution in [0.3, 0.4) is 0 Å². The van der Waals surface area contributed by atoms with Crippen molar-refractivity contribution in [1.29, 1.82) is 0 Å². The van der Waals surface area contributed by atoms with Gasteiger partial charge in [0.05, 0.1) is 23.6 Å². The zero-order valence-corrected chi connectivity index (χ0v) is 12.0. The van der Waals surface area contributed by atoms with E-state index in [0.29, 0.717) is 6.54 Å². The van der Waals surface area contributed by atoms with Crippen LogP contribution in [0.15, 0.2) is 42.5 Å². The summed E-state index contributed by atoms with van der Waals surface area (Å²) in [7, 11) is 1.91. The van der Waals surface area contributed by atoms with E-state index < -0.39 is 0 Å². The highest BCUT2D eigenvalue weighted by molar-refractivity contribution is 6.24. The van der Waals surface area contributed by atoms with Crippen molar-refractivity contribution >= 4 is 22.4 Å². The predicted octanol–water partition coefficient (Wildman–Crippen LogP) is 3.04. The van der Waals surface area contributed by atoms with Gasteiger partial charge in [-0.3, -0.25) is 9.48 Å². The SMILES string of the molecule is Cc1cc(CN2C(=O)c3cccc4cccc2c34)n(C)n1. The Morgan fingerprint density at radius 1 is 1.14 bits per heavy atom. The molecular formula is C17H15N3O. The number of hydrogen-bond acceptors (Lipinski definition) is 2. The zero-order valence-electron chi connectivity index (χ0n) is 12.0. The van der Waals surface area contributed by atoms with Crippen molar-refractivity contribution in [3.8, 4) is 0 Å². The largest absolute Gasteiger partial charge is 0.302 e. The Morgan fingerprint density at radius 2 is 1.90 bits per heavy atom. The molecule has 0 bridgehead atoms. The number of anilines is 1. The lowest BCUT2D eigenvalue weighted by molar-refractivity contribution is 0.0991. The third-order valence-corrected chi connectivity index (χ3v) is 4.07. The van der Waals surface area contributed by atoms with Crippen molar-refractivity contribution in [1.82, 2.24) is 9.78 Å². The third-order valence-electron chi connectivity index (χ3n) is 4.07. The number of carbonyl (C=O) groups is 1. The van der Waals surface area contributed by atoms with E-state index in [1.165, 1.54) is 0 Å². The van der Waals surface area contributed by atoms with E-state index in [0.717, 1.165) is 33.4 Å². The molecule has 0 saturated heterocycles. The number of aromatic nitrogens is 2. The summed E-state index contributed by atoms with van der Waals surface area (Å²) in [4.78, 5) is 14.5. The number of carbonyl (C=O) groups excluding carboxylic acids is 1. The Kier molecular flexibility index (Phi) is 2.42. The summed E-state index contributed by atoms with van der Waals surface area (Å²) >= 11 is 0. The van der Waals surface area contributed by atoms with Gasteiger partial charge in [0.25, 0.3) is 5.91 Å². The van der Waals surface area contributed by atoms with Gasteiger partial charge >= 0.3 is 0 Å². The summed E-state index contributed by atoms with van der Waals surface area (Å²) in [6, 6.07) is 14.0. The summed E-state index contributed by atoms with van der Waals surface area (Å²) in [6.07, 6.45) is 0. The van der Waals surface area contributed by atoms with Crippen LogP contribution in [-0.2, 0) is 13.6 Å². The number of hydrogen-bond donors (Lipinski definition) is 0. The van der Waals surface area contributed by atoms with E-state index >= 15 is 0 Å². The van der Waals surface area contributed by atoms with Gasteiger partial charge in [-0.05, 0) is 30.5 Å². The molecule has 2 heterocycles. The monoisotopic (exact) mass is 277 g/mol. The predicted molar refractivity (Wildman–Crippen MR) is 82.4 cm³/mol. The van der Waals surface area contributed by atoms with Crippen LogP contribution in [-0.4, -0.2) is 15.7 Å². The molecule has 2 aromatic carbocycles. The molecule has 21 heavy (non-hydrogen) atoms. The Labute approximate surface area is 122 Å². The normalized spacial score (nSPS) is 13.4. The topological polar surface area (TPSA) is 38.1 Å². The van der Waals surface area contributed by atoms with Crippen molar-refractivity contribution in [3.63, 3.8) is 0 Å². The van der Waals surface area contributed by atoms with Gasteiger partial charge in [-0.25, -0.2) is 0 Å². The second kappa shape index (κ2) is 4.19. The maximum atomic E-state index is 12.7. The molecule has 0 fully saturated rings. The van der Waals surface area contributed by atoms with Crippen LogP contribution in [0.2, 0.25) is 0 Å². The second-order valence-corrected chi connectivity index (χ2v) is 5.47. The molecule has 0 atom stereocenters. The smallest absolute Gasteiger partial charge is 0.259 e. The average molecular weight is 277 g/mol. The molecule has 0 N–H and O–H groups in total. The molecule has 4 nitrogen and oxygen atoms in total. The van der Waals surface area contributed by atoms with Crippen molar-refractivity contribution in [3.05, 3.63) is 59.4 Å². The first-order valence-corrected chi connectivity index (χ1v) is 6.98. The fraction of sp³-hybridized carbons (Fsp3) is 0.176. The van der Waals surface area contributed by atoms with Crippen LogP contribution in [0.1, 0.15) is 21.7 Å². The number of amides is 1. The van der Waals surface area contributed by atoms with Gasteiger partial charge < -0.3 is 4.90 Å². The van der Waals surface area contributed by atoms with E-state index in [2.05, 4.69) is 5.10 Å². The number of rotatable bonds is 2. The van der Waals surface area contributed by atoms with Gasteiger partial charge in [0.15, 0.2) is 0 Å². The molecule has 1 aliphatic rings. The quantitative estimate of drug-likeness (QED) is 0.722. The van der Waals surface area contributed by atoms with E-state index in [9.17, 15) is 4.79 Å². The minimum atomic E-state index is 0.0700. The average Bonchev–Trinajstić information content (AvgIpc) is 2.93. The van der Waals surface area contributed by atoms with Crippen LogP contribution >= 0.6 is 0 Å². The van der Waals surface area contributed by atoms with Gasteiger partial charge in [0, 0.05) is 18.0 Å². The highest BCUT2D eigenvalue weighted by Crippen LogP contribution is 2.37. The lowest BCUT2D eigenvalue weighted by Crippen LogP contribution is -2.27. The van der Waals surface area contributed by atoms with Crippen LogP contribution in [0.25, 0.3) is 10.8 Å². The zero-order chi connectivity index (χ0) is 14.6. The number of nitrogens with zero attached hydrogens (tertiary/aromatic N) is 3. The van der Waals surface area contributed by atoms with Crippen LogP contribution in [0.4, 0.5) is 5.69 Å². The molecular weight excluding hydrogens is 262 g/mol. The van der Waals surface area contributed by atoms with Crippen molar-refractivity contribution in [2.45, 2.75) is 13.5 Å². The van der Waals surface area contributed by atoms with E-state index in [-0.39, 0.29) is 5.91 Å². The van der Waals surface area contributed by atoms with Gasteiger partial charge in [0.1, 0.15) is 0 Å². The minimum absolute atomic E-state index is 0.0700. The van der Waals surface area contributed by atoms with E-state index in [4.69, 9.17) is 0 Å². The van der Waals surface area contributed by atoms with Crippen LogP contribution in [0, 0.1) is 6.92 Å². The standard InChI is InChI=1S/C17H15N3O/c1-11-9-13(19(2)18-11)10-20-15-8-4-6-12-5-3-7-14(16(12)15)17(20)21/h3-9H,10H2,1-2H3. The van der Waals surface area contributed by atoms with Crippen LogP contribution in [0.5, 0.6) is 0 Å². The highest BCUT2D eigenvalue weighted by atomic mass is 16.2. The van der Waals surface area contributed by atoms with E-state index in [1.54, 1.807) is 0 Å². The fourth-order valence-corrected chi connectivity index (χ4v) is 3.11. The second-order valence-electron chi connectivity index (χ2n) is 5.47. The lowest BCUT2D eigenvalue weighted by atomic mass is 10.1. The summed E-state index contributed by atoms with van der Waals surface area (Å²) in [5, 5.41) is 6.53. The molecule has 4 rings (SSSR count). The molecule has 1 aromatic heterocycles. The highest BCUT2D eigenvalue weighted by Gasteiger charge is 2.29. The Morgan fingerprint density at radius 3 is 2.62 bits per heavy atom. The van der Waals surface area contributed by atoms with Gasteiger partial charge in [-0.15, -0.1) is 0 Å². The molecule has 0 spiro atoms. The number of benzene rings is 2. The van der Waals surface area contributed by atoms with Crippen molar-refractivity contribution in [2.75, 3.05) is 4.90 Å². The Hall–Kier alpha value is -2.62. The maximum absolute atomic E-state index is 12.7. The van der Waals surface area contributed by atoms with Gasteiger partial charge in [-0.2, -0.15) is 5.10 Å². The minimum Gasteiger partial charge on any atom is -0.302 e. The van der Waals surface area contributed by atoms with Gasteiger partial charge in [-0.1, -0.05) is 24.3 Å². The molecule has 0 unspecified atom stereocenters. The first kappa shape index (κ1) is 12.1. The van der Waals surface area contributed by atoms with Crippen molar-refractivity contribution < 1.29 is 4.79 Å². The van der Waals surface area contributed by atoms with E-state index in [1.807, 2.05) is 66.0 Å². The third kappa shape index (κ3) is 1.69. The van der Waals surface area contributed by atoms with Crippen LogP contribution < -0.4 is 4.90 Å².